The minimum absolute atomic E-state index is 0.665. The third-order valence-corrected chi connectivity index (χ3v) is 5.34. The summed E-state index contributed by atoms with van der Waals surface area (Å²) >= 11 is 6.56. The first-order valence-electron chi connectivity index (χ1n) is 7.74. The fourth-order valence-electron chi connectivity index (χ4n) is 3.64. The van der Waals surface area contributed by atoms with Crippen LogP contribution in [0, 0.1) is 5.92 Å². The van der Waals surface area contributed by atoms with E-state index >= 15 is 0 Å². The van der Waals surface area contributed by atoms with Crippen molar-refractivity contribution in [2.24, 2.45) is 5.92 Å². The largest absolute Gasteiger partial charge is 0.316 e. The molecule has 0 bridgehead atoms. The molecule has 1 unspecified atom stereocenters. The van der Waals surface area contributed by atoms with Crippen LogP contribution >= 0.6 is 11.6 Å². The summed E-state index contributed by atoms with van der Waals surface area (Å²) in [5, 5.41) is 4.43. The standard InChI is InChI=1S/C17H24ClN/c1-12-2-4-13(5-3-12)16-7-6-14(10-17(16)18)15-8-9-19-11-15/h6-7,10,12-13,15,19H,2-5,8-9,11H2,1H3. The summed E-state index contributed by atoms with van der Waals surface area (Å²) in [5.74, 6) is 2.26. The van der Waals surface area contributed by atoms with Crippen LogP contribution in [0.15, 0.2) is 18.2 Å². The minimum atomic E-state index is 0.665. The number of nitrogens with one attached hydrogen (secondary N) is 1. The zero-order valence-electron chi connectivity index (χ0n) is 11.8. The lowest BCUT2D eigenvalue weighted by Gasteiger charge is -2.27. The van der Waals surface area contributed by atoms with Crippen LogP contribution < -0.4 is 5.32 Å². The molecule has 2 aliphatic rings. The lowest BCUT2D eigenvalue weighted by Crippen LogP contribution is -2.12. The molecule has 1 atom stereocenters. The van der Waals surface area contributed by atoms with Gasteiger partial charge in [-0.2, -0.15) is 0 Å². The first-order chi connectivity index (χ1) is 9.24. The van der Waals surface area contributed by atoms with Crippen molar-refractivity contribution in [3.63, 3.8) is 0 Å². The molecule has 1 aromatic carbocycles. The number of benzene rings is 1. The second kappa shape index (κ2) is 5.85. The van der Waals surface area contributed by atoms with Crippen molar-refractivity contribution in [2.45, 2.75) is 50.9 Å². The van der Waals surface area contributed by atoms with Crippen LogP contribution in [0.3, 0.4) is 0 Å². The van der Waals surface area contributed by atoms with Crippen LogP contribution in [0.4, 0.5) is 0 Å². The quantitative estimate of drug-likeness (QED) is 0.825. The lowest BCUT2D eigenvalue weighted by molar-refractivity contribution is 0.348. The normalized spacial score (nSPS) is 31.6. The topological polar surface area (TPSA) is 12.0 Å². The highest BCUT2D eigenvalue weighted by Gasteiger charge is 2.23. The fourth-order valence-corrected chi connectivity index (χ4v) is 3.98. The first kappa shape index (κ1) is 13.5. The molecule has 3 rings (SSSR count). The molecule has 0 radical (unpaired) electrons. The average Bonchev–Trinajstić information content (AvgIpc) is 2.94. The number of halogens is 1. The van der Waals surface area contributed by atoms with E-state index in [1.807, 2.05) is 0 Å². The summed E-state index contributed by atoms with van der Waals surface area (Å²) < 4.78 is 0. The van der Waals surface area contributed by atoms with Gasteiger partial charge >= 0.3 is 0 Å². The van der Waals surface area contributed by atoms with Crippen molar-refractivity contribution in [3.05, 3.63) is 34.3 Å². The van der Waals surface area contributed by atoms with Gasteiger partial charge in [-0.15, -0.1) is 0 Å². The lowest BCUT2D eigenvalue weighted by atomic mass is 9.79. The van der Waals surface area contributed by atoms with E-state index < -0.39 is 0 Å². The van der Waals surface area contributed by atoms with Crippen LogP contribution in [-0.4, -0.2) is 13.1 Å². The van der Waals surface area contributed by atoms with Crippen LogP contribution in [0.5, 0.6) is 0 Å². The van der Waals surface area contributed by atoms with Gasteiger partial charge in [0.1, 0.15) is 0 Å². The number of hydrogen-bond acceptors (Lipinski definition) is 1. The third kappa shape index (κ3) is 2.98. The first-order valence-corrected chi connectivity index (χ1v) is 8.12. The SMILES string of the molecule is CC1CCC(c2ccc(C3CCNC3)cc2Cl)CC1. The third-order valence-electron chi connectivity index (χ3n) is 5.01. The molecule has 1 aliphatic carbocycles. The van der Waals surface area contributed by atoms with Gasteiger partial charge in [0.2, 0.25) is 0 Å². The van der Waals surface area contributed by atoms with Gasteiger partial charge in [-0.1, -0.05) is 43.5 Å². The van der Waals surface area contributed by atoms with Crippen LogP contribution in [0.25, 0.3) is 0 Å². The van der Waals surface area contributed by atoms with Crippen molar-refractivity contribution in [2.75, 3.05) is 13.1 Å². The average molecular weight is 278 g/mol. The Morgan fingerprint density at radius 3 is 2.47 bits per heavy atom. The van der Waals surface area contributed by atoms with E-state index in [9.17, 15) is 0 Å². The maximum absolute atomic E-state index is 6.56. The molecule has 1 saturated heterocycles. The second-order valence-electron chi connectivity index (χ2n) is 6.43. The molecule has 1 saturated carbocycles. The summed E-state index contributed by atoms with van der Waals surface area (Å²) in [6.45, 7) is 4.62. The predicted octanol–water partition coefficient (Wildman–Crippen LogP) is 4.71. The maximum Gasteiger partial charge on any atom is 0.0443 e. The summed E-state index contributed by atoms with van der Waals surface area (Å²) in [5.41, 5.74) is 2.81. The summed E-state index contributed by atoms with van der Waals surface area (Å²) in [6, 6.07) is 6.85. The van der Waals surface area contributed by atoms with Crippen molar-refractivity contribution >= 4 is 11.6 Å². The highest BCUT2D eigenvalue weighted by atomic mass is 35.5. The Labute approximate surface area is 121 Å². The van der Waals surface area contributed by atoms with E-state index in [-0.39, 0.29) is 0 Å². The van der Waals surface area contributed by atoms with E-state index in [1.54, 1.807) is 0 Å². The van der Waals surface area contributed by atoms with E-state index in [2.05, 4.69) is 30.4 Å². The Bertz CT molecular complexity index is 429. The Kier molecular flexibility index (Phi) is 4.14. The highest BCUT2D eigenvalue weighted by Crippen LogP contribution is 2.39. The molecule has 19 heavy (non-hydrogen) atoms. The summed E-state index contributed by atoms with van der Waals surface area (Å²) in [4.78, 5) is 0. The maximum atomic E-state index is 6.56. The van der Waals surface area contributed by atoms with Crippen molar-refractivity contribution in [3.8, 4) is 0 Å². The summed E-state index contributed by atoms with van der Waals surface area (Å²) in [7, 11) is 0. The summed E-state index contributed by atoms with van der Waals surface area (Å²) in [6.07, 6.45) is 6.58. The van der Waals surface area contributed by atoms with Crippen molar-refractivity contribution in [1.82, 2.24) is 5.32 Å². The van der Waals surface area contributed by atoms with Gasteiger partial charge < -0.3 is 5.32 Å². The molecule has 0 spiro atoms. The van der Waals surface area contributed by atoms with E-state index in [0.29, 0.717) is 11.8 Å². The number of rotatable bonds is 2. The fraction of sp³-hybridized carbons (Fsp3) is 0.647. The van der Waals surface area contributed by atoms with Gasteiger partial charge in [-0.25, -0.2) is 0 Å². The molecule has 1 aromatic rings. The predicted molar refractivity (Wildman–Crippen MR) is 82.1 cm³/mol. The Hall–Kier alpha value is -0.530. The molecule has 0 amide bonds. The zero-order valence-corrected chi connectivity index (χ0v) is 12.5. The van der Waals surface area contributed by atoms with Crippen LogP contribution in [0.2, 0.25) is 5.02 Å². The molecular formula is C17H24ClN. The Morgan fingerprint density at radius 2 is 1.84 bits per heavy atom. The Morgan fingerprint density at radius 1 is 1.05 bits per heavy atom. The van der Waals surface area contributed by atoms with Gasteiger partial charge in [-0.05, 0) is 60.8 Å². The molecule has 2 heteroatoms. The molecule has 1 heterocycles. The second-order valence-corrected chi connectivity index (χ2v) is 6.83. The van der Waals surface area contributed by atoms with Crippen LogP contribution in [0.1, 0.15) is 62.0 Å². The van der Waals surface area contributed by atoms with Crippen LogP contribution in [-0.2, 0) is 0 Å². The monoisotopic (exact) mass is 277 g/mol. The van der Waals surface area contributed by atoms with E-state index in [1.165, 1.54) is 43.2 Å². The van der Waals surface area contributed by atoms with Gasteiger partial charge in [-0.3, -0.25) is 0 Å². The van der Waals surface area contributed by atoms with Gasteiger partial charge in [0.25, 0.3) is 0 Å². The molecule has 2 fully saturated rings. The van der Waals surface area contributed by atoms with Crippen molar-refractivity contribution < 1.29 is 0 Å². The van der Waals surface area contributed by atoms with Gasteiger partial charge in [0.05, 0.1) is 0 Å². The highest BCUT2D eigenvalue weighted by molar-refractivity contribution is 6.31. The smallest absolute Gasteiger partial charge is 0.0443 e. The molecule has 1 N–H and O–H groups in total. The van der Waals surface area contributed by atoms with E-state index in [4.69, 9.17) is 11.6 Å². The van der Waals surface area contributed by atoms with Gasteiger partial charge in [0.15, 0.2) is 0 Å². The molecule has 1 nitrogen and oxygen atoms in total. The van der Waals surface area contributed by atoms with Crippen molar-refractivity contribution in [1.29, 1.82) is 0 Å². The molecular weight excluding hydrogens is 254 g/mol. The Balaban J connectivity index is 1.75. The number of hydrogen-bond donors (Lipinski definition) is 1. The molecule has 0 aromatic heterocycles. The van der Waals surface area contributed by atoms with E-state index in [0.717, 1.165) is 24.0 Å². The van der Waals surface area contributed by atoms with Gasteiger partial charge in [0, 0.05) is 11.6 Å². The zero-order chi connectivity index (χ0) is 13.2. The molecule has 1 aliphatic heterocycles. The minimum Gasteiger partial charge on any atom is -0.316 e. The molecule has 104 valence electrons.